The average molecular weight is 270 g/mol. The van der Waals surface area contributed by atoms with Gasteiger partial charge in [0.25, 0.3) is 0 Å². The molecule has 20 heavy (non-hydrogen) atoms. The summed E-state index contributed by atoms with van der Waals surface area (Å²) in [5.74, 6) is 2.09. The summed E-state index contributed by atoms with van der Waals surface area (Å²) in [5, 5.41) is 3.84. The van der Waals surface area contributed by atoms with Crippen LogP contribution < -0.4 is 10.5 Å². The molecule has 2 heterocycles. The number of nitrogen functional groups attached to an aromatic ring is 1. The Bertz CT molecular complexity index is 730. The molecule has 0 spiro atoms. The number of ether oxygens (including phenoxy) is 1. The summed E-state index contributed by atoms with van der Waals surface area (Å²) in [6.45, 7) is 2.00. The largest absolute Gasteiger partial charge is 0.496 e. The number of anilines is 1. The highest BCUT2D eigenvalue weighted by Gasteiger charge is 2.22. The summed E-state index contributed by atoms with van der Waals surface area (Å²) in [7, 11) is 1.62. The smallest absolute Gasteiger partial charge is 0.212 e. The van der Waals surface area contributed by atoms with Crippen LogP contribution in [0.4, 0.5) is 5.82 Å². The summed E-state index contributed by atoms with van der Waals surface area (Å²) in [6, 6.07) is 9.42. The highest BCUT2D eigenvalue weighted by atomic mass is 16.5. The van der Waals surface area contributed by atoms with Gasteiger partial charge >= 0.3 is 0 Å². The van der Waals surface area contributed by atoms with Gasteiger partial charge in [-0.15, -0.1) is 0 Å². The van der Waals surface area contributed by atoms with E-state index in [0.717, 1.165) is 11.1 Å². The Kier molecular flexibility index (Phi) is 2.95. The lowest BCUT2D eigenvalue weighted by Gasteiger charge is -2.09. The number of hydrogen-bond donors (Lipinski definition) is 1. The van der Waals surface area contributed by atoms with Gasteiger partial charge in [-0.2, -0.15) is 0 Å². The van der Waals surface area contributed by atoms with Gasteiger partial charge in [-0.1, -0.05) is 16.8 Å². The molecule has 0 fully saturated rings. The molecule has 5 nitrogen and oxygen atoms in total. The maximum Gasteiger partial charge on any atom is 0.212 e. The van der Waals surface area contributed by atoms with Crippen molar-refractivity contribution in [2.45, 2.75) is 6.92 Å². The van der Waals surface area contributed by atoms with Crippen LogP contribution >= 0.6 is 0 Å². The van der Waals surface area contributed by atoms with Gasteiger partial charge in [0.2, 0.25) is 5.76 Å². The Balaban J connectivity index is 2.25. The maximum absolute atomic E-state index is 5.95. The van der Waals surface area contributed by atoms with Crippen LogP contribution in [0.25, 0.3) is 22.6 Å². The van der Waals surface area contributed by atoms with Crippen molar-refractivity contribution in [1.82, 2.24) is 5.16 Å². The lowest BCUT2D eigenvalue weighted by Crippen LogP contribution is -1.93. The SMILES string of the molecule is COc1ccc(C)cc1-c1c(N)noc1-c1ccco1. The Labute approximate surface area is 115 Å². The molecule has 3 aromatic rings. The number of methoxy groups -OCH3 is 1. The van der Waals surface area contributed by atoms with E-state index in [0.29, 0.717) is 28.7 Å². The second-order valence-corrected chi connectivity index (χ2v) is 4.45. The second-order valence-electron chi connectivity index (χ2n) is 4.45. The van der Waals surface area contributed by atoms with Crippen molar-refractivity contribution >= 4 is 5.82 Å². The summed E-state index contributed by atoms with van der Waals surface area (Å²) in [5.41, 5.74) is 8.55. The first-order chi connectivity index (χ1) is 9.70. The third kappa shape index (κ3) is 1.93. The molecule has 102 valence electrons. The molecule has 2 N–H and O–H groups in total. The predicted octanol–water partition coefficient (Wildman–Crippen LogP) is 3.50. The van der Waals surface area contributed by atoms with Gasteiger partial charge in [-0.25, -0.2) is 0 Å². The fourth-order valence-corrected chi connectivity index (χ4v) is 2.16. The van der Waals surface area contributed by atoms with Crippen molar-refractivity contribution in [3.05, 3.63) is 42.2 Å². The van der Waals surface area contributed by atoms with E-state index >= 15 is 0 Å². The predicted molar refractivity (Wildman–Crippen MR) is 75.3 cm³/mol. The first-order valence-electron chi connectivity index (χ1n) is 6.14. The lowest BCUT2D eigenvalue weighted by molar-refractivity contribution is 0.415. The molecule has 0 aliphatic heterocycles. The number of furan rings is 1. The molecular weight excluding hydrogens is 256 g/mol. The number of rotatable bonds is 3. The lowest BCUT2D eigenvalue weighted by atomic mass is 10.0. The van der Waals surface area contributed by atoms with Gasteiger partial charge in [-0.3, -0.25) is 0 Å². The fraction of sp³-hybridized carbons (Fsp3) is 0.133. The Hall–Kier alpha value is -2.69. The molecule has 0 aliphatic carbocycles. The number of aromatic nitrogens is 1. The van der Waals surface area contributed by atoms with Gasteiger partial charge < -0.3 is 19.4 Å². The van der Waals surface area contributed by atoms with Crippen molar-refractivity contribution < 1.29 is 13.7 Å². The topological polar surface area (TPSA) is 74.4 Å². The number of hydrogen-bond acceptors (Lipinski definition) is 5. The Morgan fingerprint density at radius 1 is 1.25 bits per heavy atom. The minimum Gasteiger partial charge on any atom is -0.496 e. The van der Waals surface area contributed by atoms with Gasteiger partial charge in [0, 0.05) is 5.56 Å². The summed E-state index contributed by atoms with van der Waals surface area (Å²) in [6.07, 6.45) is 1.57. The Morgan fingerprint density at radius 3 is 2.80 bits per heavy atom. The molecular formula is C15H14N2O3. The van der Waals surface area contributed by atoms with E-state index in [1.165, 1.54) is 0 Å². The van der Waals surface area contributed by atoms with Crippen molar-refractivity contribution in [3.8, 4) is 28.4 Å². The molecule has 5 heteroatoms. The first-order valence-corrected chi connectivity index (χ1v) is 6.14. The third-order valence-corrected chi connectivity index (χ3v) is 3.09. The van der Waals surface area contributed by atoms with Crippen LogP contribution in [0.5, 0.6) is 5.75 Å². The number of aryl methyl sites for hydroxylation is 1. The van der Waals surface area contributed by atoms with Gasteiger partial charge in [-0.05, 0) is 31.2 Å². The minimum atomic E-state index is 0.306. The molecule has 0 aliphatic rings. The minimum absolute atomic E-state index is 0.306. The third-order valence-electron chi connectivity index (χ3n) is 3.09. The molecule has 0 bridgehead atoms. The molecule has 3 rings (SSSR count). The van der Waals surface area contributed by atoms with E-state index in [2.05, 4.69) is 5.16 Å². The van der Waals surface area contributed by atoms with E-state index in [9.17, 15) is 0 Å². The van der Waals surface area contributed by atoms with Gasteiger partial charge in [0.15, 0.2) is 11.6 Å². The summed E-state index contributed by atoms with van der Waals surface area (Å²) >= 11 is 0. The second kappa shape index (κ2) is 4.77. The van der Waals surface area contributed by atoms with Crippen molar-refractivity contribution in [2.24, 2.45) is 0 Å². The monoisotopic (exact) mass is 270 g/mol. The van der Waals surface area contributed by atoms with Crippen molar-refractivity contribution in [3.63, 3.8) is 0 Å². The van der Waals surface area contributed by atoms with Crippen LogP contribution in [0.15, 0.2) is 45.5 Å². The van der Waals surface area contributed by atoms with E-state index in [1.807, 2.05) is 25.1 Å². The maximum atomic E-state index is 5.95. The van der Waals surface area contributed by atoms with Crippen LogP contribution in [-0.4, -0.2) is 12.3 Å². The van der Waals surface area contributed by atoms with Crippen LogP contribution in [0.2, 0.25) is 0 Å². The highest BCUT2D eigenvalue weighted by Crippen LogP contribution is 2.41. The molecule has 0 unspecified atom stereocenters. The van der Waals surface area contributed by atoms with E-state index < -0.39 is 0 Å². The van der Waals surface area contributed by atoms with Crippen LogP contribution in [0, 0.1) is 6.92 Å². The molecule has 0 saturated carbocycles. The zero-order valence-electron chi connectivity index (χ0n) is 11.2. The van der Waals surface area contributed by atoms with Crippen LogP contribution in [0.3, 0.4) is 0 Å². The Morgan fingerprint density at radius 2 is 2.10 bits per heavy atom. The molecule has 1 aromatic carbocycles. The molecule has 2 aromatic heterocycles. The quantitative estimate of drug-likeness (QED) is 0.788. The molecule has 0 radical (unpaired) electrons. The van der Waals surface area contributed by atoms with E-state index in [1.54, 1.807) is 25.5 Å². The fourth-order valence-electron chi connectivity index (χ4n) is 2.16. The van der Waals surface area contributed by atoms with E-state index in [4.69, 9.17) is 19.4 Å². The highest BCUT2D eigenvalue weighted by molar-refractivity contribution is 5.88. The van der Waals surface area contributed by atoms with Crippen LogP contribution in [-0.2, 0) is 0 Å². The zero-order valence-corrected chi connectivity index (χ0v) is 11.2. The molecule has 0 saturated heterocycles. The summed E-state index contributed by atoms with van der Waals surface area (Å²) in [4.78, 5) is 0. The molecule has 0 atom stereocenters. The molecule has 0 amide bonds. The van der Waals surface area contributed by atoms with E-state index in [-0.39, 0.29) is 0 Å². The zero-order chi connectivity index (χ0) is 14.1. The first kappa shape index (κ1) is 12.3. The van der Waals surface area contributed by atoms with Crippen molar-refractivity contribution in [2.75, 3.05) is 12.8 Å². The number of benzene rings is 1. The van der Waals surface area contributed by atoms with Crippen LogP contribution in [0.1, 0.15) is 5.56 Å². The van der Waals surface area contributed by atoms with Gasteiger partial charge in [0.1, 0.15) is 5.75 Å². The average Bonchev–Trinajstić information content (AvgIpc) is 3.07. The van der Waals surface area contributed by atoms with Crippen molar-refractivity contribution in [1.29, 1.82) is 0 Å². The number of nitrogens with zero attached hydrogens (tertiary/aromatic N) is 1. The normalized spacial score (nSPS) is 10.7. The standard InChI is InChI=1S/C15H14N2O3/c1-9-5-6-11(18-2)10(8-9)13-14(20-17-15(13)16)12-4-3-7-19-12/h3-8H,1-2H3,(H2,16,17). The van der Waals surface area contributed by atoms with Gasteiger partial charge in [0.05, 0.1) is 18.9 Å². The summed E-state index contributed by atoms with van der Waals surface area (Å²) < 4.78 is 16.1. The number of nitrogens with two attached hydrogens (primary N) is 1.